The Kier molecular flexibility index (Phi) is 3.08. The van der Waals surface area contributed by atoms with Crippen molar-refractivity contribution in [3.63, 3.8) is 0 Å². The molecule has 0 aliphatic heterocycles. The van der Waals surface area contributed by atoms with E-state index in [9.17, 15) is 8.42 Å². The fourth-order valence-corrected chi connectivity index (χ4v) is 4.11. The normalized spacial score (nSPS) is 12.9. The van der Waals surface area contributed by atoms with Crippen LogP contribution >= 0.6 is 0 Å². The Morgan fingerprint density at radius 1 is 1.07 bits per heavy atom. The van der Waals surface area contributed by atoms with Crippen molar-refractivity contribution < 1.29 is 8.42 Å². The minimum atomic E-state index is -3.54. The zero-order valence-corrected chi connectivity index (χ0v) is 11.5. The SMILES string of the molecule is [CH3][Ge]([CH3])([CH3])[c]1ccc(S(N)(=O)=O)cc1. The Bertz CT molecular complexity index is 417. The Morgan fingerprint density at radius 3 is 1.79 bits per heavy atom. The van der Waals surface area contributed by atoms with Gasteiger partial charge < -0.3 is 0 Å². The minimum absolute atomic E-state index is 0.188. The van der Waals surface area contributed by atoms with Gasteiger partial charge >= 0.3 is 87.7 Å². The van der Waals surface area contributed by atoms with Crippen LogP contribution in [-0.2, 0) is 10.0 Å². The van der Waals surface area contributed by atoms with Crippen molar-refractivity contribution in [1.82, 2.24) is 0 Å². The summed E-state index contributed by atoms with van der Waals surface area (Å²) in [6, 6.07) is 6.92. The van der Waals surface area contributed by atoms with Crippen LogP contribution in [0.1, 0.15) is 0 Å². The molecule has 14 heavy (non-hydrogen) atoms. The molecule has 0 aliphatic rings. The summed E-state index contributed by atoms with van der Waals surface area (Å²) in [6.45, 7) is 0. The quantitative estimate of drug-likeness (QED) is 0.814. The average Bonchev–Trinajstić information content (AvgIpc) is 2.01. The molecule has 0 fully saturated rings. The van der Waals surface area contributed by atoms with Crippen LogP contribution < -0.4 is 9.53 Å². The molecule has 0 radical (unpaired) electrons. The third-order valence-electron chi connectivity index (χ3n) is 2.05. The van der Waals surface area contributed by atoms with E-state index in [1.165, 1.54) is 4.40 Å². The van der Waals surface area contributed by atoms with Gasteiger partial charge in [-0.25, -0.2) is 0 Å². The zero-order chi connectivity index (χ0) is 11.0. The molecule has 1 aromatic rings. The van der Waals surface area contributed by atoms with Gasteiger partial charge in [-0.2, -0.15) is 0 Å². The van der Waals surface area contributed by atoms with E-state index in [1.807, 2.05) is 12.1 Å². The molecule has 0 atom stereocenters. The van der Waals surface area contributed by atoms with Crippen LogP contribution in [-0.4, -0.2) is 21.7 Å². The van der Waals surface area contributed by atoms with Gasteiger partial charge in [-0.05, 0) is 0 Å². The van der Waals surface area contributed by atoms with Crippen molar-refractivity contribution in [2.24, 2.45) is 5.14 Å². The van der Waals surface area contributed by atoms with E-state index in [0.717, 1.165) is 0 Å². The Morgan fingerprint density at radius 2 is 1.50 bits per heavy atom. The van der Waals surface area contributed by atoms with Gasteiger partial charge in [-0.15, -0.1) is 0 Å². The molecule has 0 aromatic heterocycles. The van der Waals surface area contributed by atoms with E-state index in [4.69, 9.17) is 5.14 Å². The first-order valence-corrected chi connectivity index (χ1v) is 13.2. The molecule has 5 heteroatoms. The topological polar surface area (TPSA) is 60.2 Å². The molecule has 1 rings (SSSR count). The number of hydrogen-bond acceptors (Lipinski definition) is 2. The molecule has 0 spiro atoms. The maximum atomic E-state index is 11.0. The Hall–Kier alpha value is -0.327. The van der Waals surface area contributed by atoms with Gasteiger partial charge in [-0.3, -0.25) is 0 Å². The van der Waals surface area contributed by atoms with Crippen molar-refractivity contribution >= 4 is 27.7 Å². The second-order valence-electron chi connectivity index (χ2n) is 4.32. The molecule has 0 aliphatic carbocycles. The molecule has 0 unspecified atom stereocenters. The van der Waals surface area contributed by atoms with E-state index >= 15 is 0 Å². The van der Waals surface area contributed by atoms with Crippen LogP contribution in [0.5, 0.6) is 0 Å². The van der Waals surface area contributed by atoms with Gasteiger partial charge in [0.05, 0.1) is 0 Å². The van der Waals surface area contributed by atoms with Gasteiger partial charge in [-0.1, -0.05) is 0 Å². The number of benzene rings is 1. The zero-order valence-electron chi connectivity index (χ0n) is 8.61. The molecule has 78 valence electrons. The van der Waals surface area contributed by atoms with E-state index in [0.29, 0.717) is 0 Å². The molecule has 1 aromatic carbocycles. The molecule has 0 amide bonds. The fraction of sp³-hybridized carbons (Fsp3) is 0.333. The second-order valence-corrected chi connectivity index (χ2v) is 16.5. The van der Waals surface area contributed by atoms with Gasteiger partial charge in [0.2, 0.25) is 0 Å². The standard InChI is InChI=1S/C9H15GeNO2S/c1-10(2,3)8-4-6-9(7-5-8)14(11,12)13/h4-7H,1-3H3,(H2,11,12,13). The number of sulfonamides is 1. The third kappa shape index (κ3) is 2.83. The van der Waals surface area contributed by atoms with Crippen LogP contribution in [0, 0.1) is 0 Å². The summed E-state index contributed by atoms with van der Waals surface area (Å²) in [5.41, 5.74) is 0. The summed E-state index contributed by atoms with van der Waals surface area (Å²) < 4.78 is 23.2. The van der Waals surface area contributed by atoms with Gasteiger partial charge in [0.25, 0.3) is 0 Å². The predicted molar refractivity (Wildman–Crippen MR) is 60.8 cm³/mol. The first kappa shape index (κ1) is 11.7. The van der Waals surface area contributed by atoms with Crippen LogP contribution in [0.2, 0.25) is 17.3 Å². The van der Waals surface area contributed by atoms with Crippen molar-refractivity contribution in [2.45, 2.75) is 22.2 Å². The van der Waals surface area contributed by atoms with Crippen molar-refractivity contribution in [3.05, 3.63) is 24.3 Å². The molecule has 2 N–H and O–H groups in total. The average molecular weight is 274 g/mol. The van der Waals surface area contributed by atoms with Crippen LogP contribution in [0.15, 0.2) is 29.2 Å². The van der Waals surface area contributed by atoms with Gasteiger partial charge in [0, 0.05) is 0 Å². The summed E-state index contributed by atoms with van der Waals surface area (Å²) in [6.07, 6.45) is 0. The second kappa shape index (κ2) is 3.68. The molecule has 0 saturated carbocycles. The number of hydrogen-bond donors (Lipinski definition) is 1. The van der Waals surface area contributed by atoms with Crippen LogP contribution in [0.4, 0.5) is 0 Å². The maximum absolute atomic E-state index is 11.0. The summed E-state index contributed by atoms with van der Waals surface area (Å²) >= 11 is -1.83. The van der Waals surface area contributed by atoms with E-state index in [2.05, 4.69) is 17.3 Å². The third-order valence-corrected chi connectivity index (χ3v) is 7.31. The summed E-state index contributed by atoms with van der Waals surface area (Å²) in [5, 5.41) is 5.00. The Labute approximate surface area is 87.7 Å². The summed E-state index contributed by atoms with van der Waals surface area (Å²) in [4.78, 5) is 0.188. The van der Waals surface area contributed by atoms with E-state index in [-0.39, 0.29) is 4.90 Å². The van der Waals surface area contributed by atoms with Crippen molar-refractivity contribution in [1.29, 1.82) is 0 Å². The van der Waals surface area contributed by atoms with Crippen molar-refractivity contribution in [2.75, 3.05) is 0 Å². The van der Waals surface area contributed by atoms with Crippen molar-refractivity contribution in [3.8, 4) is 0 Å². The summed E-state index contributed by atoms with van der Waals surface area (Å²) in [7, 11) is -3.54. The molecule has 0 saturated heterocycles. The van der Waals surface area contributed by atoms with E-state index in [1.54, 1.807) is 12.1 Å². The van der Waals surface area contributed by atoms with Gasteiger partial charge in [0.15, 0.2) is 0 Å². The first-order valence-electron chi connectivity index (χ1n) is 4.34. The van der Waals surface area contributed by atoms with Gasteiger partial charge in [0.1, 0.15) is 0 Å². The van der Waals surface area contributed by atoms with Crippen LogP contribution in [0.3, 0.4) is 0 Å². The first-order chi connectivity index (χ1) is 6.21. The summed E-state index contributed by atoms with van der Waals surface area (Å²) in [5.74, 6) is 6.77. The molecule has 0 heterocycles. The molecule has 0 bridgehead atoms. The predicted octanol–water partition coefficient (Wildman–Crippen LogP) is 0.879. The molecule has 3 nitrogen and oxygen atoms in total. The number of primary sulfonamides is 1. The van der Waals surface area contributed by atoms with E-state index < -0.39 is 23.3 Å². The number of nitrogens with two attached hydrogens (primary N) is 1. The Balaban J connectivity index is 3.14. The molecular formula is C9H15GeNO2S. The number of rotatable bonds is 2. The fourth-order valence-electron chi connectivity index (χ4n) is 1.14. The molecular weight excluding hydrogens is 259 g/mol. The van der Waals surface area contributed by atoms with Crippen LogP contribution in [0.25, 0.3) is 0 Å². The monoisotopic (exact) mass is 275 g/mol.